The molecule has 0 radical (unpaired) electrons. The van der Waals surface area contributed by atoms with Crippen LogP contribution in [-0.4, -0.2) is 35.6 Å². The Morgan fingerprint density at radius 1 is 1.14 bits per heavy atom. The number of hydrogen-bond acceptors (Lipinski definition) is 6. The second-order valence-electron chi connectivity index (χ2n) is 6.42. The second kappa shape index (κ2) is 7.71. The standard InChI is InChI=1S/C20H23N3O4S/c1-5-17-19(28(25,26)15-10-8-7-9-11-15)20-21-13(3)16(12-18(24)27-6-2)14(4)23(20)22-17/h7-11H,5-6,12H2,1-4H3. The molecule has 3 aromatic rings. The van der Waals surface area contributed by atoms with Gasteiger partial charge in [-0.05, 0) is 39.3 Å². The summed E-state index contributed by atoms with van der Waals surface area (Å²) in [5, 5.41) is 4.50. The van der Waals surface area contributed by atoms with Gasteiger partial charge in [0.25, 0.3) is 0 Å². The minimum atomic E-state index is -3.78. The van der Waals surface area contributed by atoms with Crippen LogP contribution in [0.25, 0.3) is 5.65 Å². The number of nitrogens with zero attached hydrogens (tertiary/aromatic N) is 3. The maximum absolute atomic E-state index is 13.3. The van der Waals surface area contributed by atoms with Crippen LogP contribution in [0.15, 0.2) is 40.1 Å². The van der Waals surface area contributed by atoms with E-state index < -0.39 is 9.84 Å². The molecule has 28 heavy (non-hydrogen) atoms. The van der Waals surface area contributed by atoms with Crippen molar-refractivity contribution < 1.29 is 17.9 Å². The summed E-state index contributed by atoms with van der Waals surface area (Å²) in [6.07, 6.45) is 0.507. The van der Waals surface area contributed by atoms with Gasteiger partial charge in [0.1, 0.15) is 4.90 Å². The zero-order valence-corrected chi connectivity index (χ0v) is 17.2. The highest BCUT2D eigenvalue weighted by Gasteiger charge is 2.29. The Morgan fingerprint density at radius 3 is 2.43 bits per heavy atom. The third kappa shape index (κ3) is 3.40. The maximum atomic E-state index is 13.3. The lowest BCUT2D eigenvalue weighted by molar-refractivity contribution is -0.142. The van der Waals surface area contributed by atoms with Crippen LogP contribution in [-0.2, 0) is 32.2 Å². The molecule has 0 amide bonds. The van der Waals surface area contributed by atoms with Gasteiger partial charge in [-0.15, -0.1) is 0 Å². The minimum absolute atomic E-state index is 0.0660. The number of esters is 1. The highest BCUT2D eigenvalue weighted by molar-refractivity contribution is 7.91. The summed E-state index contributed by atoms with van der Waals surface area (Å²) in [4.78, 5) is 16.8. The van der Waals surface area contributed by atoms with E-state index in [1.165, 1.54) is 4.52 Å². The highest BCUT2D eigenvalue weighted by atomic mass is 32.2. The van der Waals surface area contributed by atoms with Crippen molar-refractivity contribution in [3.05, 3.63) is 53.0 Å². The van der Waals surface area contributed by atoms with Crippen LogP contribution in [0.2, 0.25) is 0 Å². The molecule has 1 aromatic carbocycles. The van der Waals surface area contributed by atoms with E-state index in [9.17, 15) is 13.2 Å². The molecule has 0 aliphatic rings. The summed E-state index contributed by atoms with van der Waals surface area (Å²) in [6, 6.07) is 8.27. The predicted octanol–water partition coefficient (Wildman–Crippen LogP) is 2.85. The van der Waals surface area contributed by atoms with Crippen LogP contribution in [0.3, 0.4) is 0 Å². The van der Waals surface area contributed by atoms with E-state index in [1.807, 2.05) is 13.8 Å². The predicted molar refractivity (Wildman–Crippen MR) is 104 cm³/mol. The van der Waals surface area contributed by atoms with E-state index in [4.69, 9.17) is 4.74 Å². The molecule has 0 atom stereocenters. The lowest BCUT2D eigenvalue weighted by Gasteiger charge is -2.11. The number of benzene rings is 1. The normalized spacial score (nSPS) is 11.7. The lowest BCUT2D eigenvalue weighted by Crippen LogP contribution is -2.13. The van der Waals surface area contributed by atoms with Gasteiger partial charge in [-0.3, -0.25) is 4.79 Å². The van der Waals surface area contributed by atoms with E-state index in [0.717, 1.165) is 0 Å². The fourth-order valence-corrected chi connectivity index (χ4v) is 4.84. The van der Waals surface area contributed by atoms with Crippen LogP contribution < -0.4 is 0 Å². The molecule has 2 heterocycles. The first-order chi connectivity index (χ1) is 13.3. The van der Waals surface area contributed by atoms with Gasteiger partial charge in [0, 0.05) is 17.0 Å². The summed E-state index contributed by atoms with van der Waals surface area (Å²) < 4.78 is 33.1. The summed E-state index contributed by atoms with van der Waals surface area (Å²) in [7, 11) is -3.78. The molecule has 0 aliphatic heterocycles. The zero-order valence-electron chi connectivity index (χ0n) is 16.4. The van der Waals surface area contributed by atoms with Crippen LogP contribution >= 0.6 is 0 Å². The first-order valence-corrected chi connectivity index (χ1v) is 10.6. The van der Waals surface area contributed by atoms with Gasteiger partial charge in [-0.2, -0.15) is 5.10 Å². The Bertz CT molecular complexity index is 1140. The molecule has 0 saturated carbocycles. The van der Waals surface area contributed by atoms with Crippen molar-refractivity contribution in [2.75, 3.05) is 6.61 Å². The molecular formula is C20H23N3O4S. The van der Waals surface area contributed by atoms with E-state index >= 15 is 0 Å². The highest BCUT2D eigenvalue weighted by Crippen LogP contribution is 2.29. The van der Waals surface area contributed by atoms with E-state index in [-0.39, 0.29) is 27.8 Å². The van der Waals surface area contributed by atoms with Crippen molar-refractivity contribution in [1.29, 1.82) is 0 Å². The third-order valence-electron chi connectivity index (χ3n) is 4.63. The Labute approximate surface area is 164 Å². The van der Waals surface area contributed by atoms with Crippen molar-refractivity contribution in [2.45, 2.75) is 50.3 Å². The Morgan fingerprint density at radius 2 is 1.82 bits per heavy atom. The van der Waals surface area contributed by atoms with Crippen molar-refractivity contribution in [3.63, 3.8) is 0 Å². The smallest absolute Gasteiger partial charge is 0.310 e. The first kappa shape index (κ1) is 20.0. The molecule has 0 spiro atoms. The molecule has 0 unspecified atom stereocenters. The average molecular weight is 401 g/mol. The Kier molecular flexibility index (Phi) is 5.51. The average Bonchev–Trinajstić information content (AvgIpc) is 3.05. The Balaban J connectivity index is 2.25. The van der Waals surface area contributed by atoms with Gasteiger partial charge in [-0.25, -0.2) is 17.9 Å². The second-order valence-corrected chi connectivity index (χ2v) is 8.31. The number of rotatable bonds is 6. The summed E-state index contributed by atoms with van der Waals surface area (Å²) in [6.45, 7) is 7.48. The molecule has 7 nitrogen and oxygen atoms in total. The van der Waals surface area contributed by atoms with Gasteiger partial charge in [-0.1, -0.05) is 25.1 Å². The van der Waals surface area contributed by atoms with Gasteiger partial charge in [0.05, 0.1) is 23.6 Å². The monoisotopic (exact) mass is 401 g/mol. The molecule has 8 heteroatoms. The molecule has 0 bridgehead atoms. The van der Waals surface area contributed by atoms with E-state index in [0.29, 0.717) is 35.7 Å². The summed E-state index contributed by atoms with van der Waals surface area (Å²) in [5.41, 5.74) is 2.69. The number of fused-ring (bicyclic) bond motifs is 1. The van der Waals surface area contributed by atoms with Crippen molar-refractivity contribution in [1.82, 2.24) is 14.6 Å². The number of aromatic nitrogens is 3. The summed E-state index contributed by atoms with van der Waals surface area (Å²) >= 11 is 0. The topological polar surface area (TPSA) is 90.6 Å². The molecule has 0 N–H and O–H groups in total. The lowest BCUT2D eigenvalue weighted by atomic mass is 10.1. The fraction of sp³-hybridized carbons (Fsp3) is 0.350. The number of hydrogen-bond donors (Lipinski definition) is 0. The van der Waals surface area contributed by atoms with Crippen LogP contribution in [0.1, 0.15) is 36.5 Å². The van der Waals surface area contributed by atoms with Crippen LogP contribution in [0, 0.1) is 13.8 Å². The number of ether oxygens (including phenoxy) is 1. The van der Waals surface area contributed by atoms with Gasteiger partial charge < -0.3 is 4.74 Å². The molecule has 3 rings (SSSR count). The molecule has 0 fully saturated rings. The molecule has 0 aliphatic carbocycles. The molecule has 0 saturated heterocycles. The van der Waals surface area contributed by atoms with E-state index in [2.05, 4.69) is 10.1 Å². The quantitative estimate of drug-likeness (QED) is 0.590. The SMILES string of the molecule is CCOC(=O)Cc1c(C)nc2c(S(=O)(=O)c3ccccc3)c(CC)nn2c1C. The summed E-state index contributed by atoms with van der Waals surface area (Å²) in [5.74, 6) is -0.352. The number of aryl methyl sites for hydroxylation is 3. The Hall–Kier alpha value is -2.74. The number of sulfone groups is 1. The maximum Gasteiger partial charge on any atom is 0.310 e. The minimum Gasteiger partial charge on any atom is -0.466 e. The van der Waals surface area contributed by atoms with E-state index in [1.54, 1.807) is 44.2 Å². The molecular weight excluding hydrogens is 378 g/mol. The number of carbonyl (C=O) groups excluding carboxylic acids is 1. The van der Waals surface area contributed by atoms with Crippen molar-refractivity contribution >= 4 is 21.5 Å². The van der Waals surface area contributed by atoms with Gasteiger partial charge >= 0.3 is 5.97 Å². The van der Waals surface area contributed by atoms with Crippen LogP contribution in [0.4, 0.5) is 0 Å². The fourth-order valence-electron chi connectivity index (χ4n) is 3.22. The van der Waals surface area contributed by atoms with Crippen molar-refractivity contribution in [2.24, 2.45) is 0 Å². The van der Waals surface area contributed by atoms with Crippen LogP contribution in [0.5, 0.6) is 0 Å². The molecule has 148 valence electrons. The largest absolute Gasteiger partial charge is 0.466 e. The zero-order chi connectivity index (χ0) is 20.5. The molecule has 2 aromatic heterocycles. The number of carbonyl (C=O) groups is 1. The van der Waals surface area contributed by atoms with Crippen molar-refractivity contribution in [3.8, 4) is 0 Å². The first-order valence-electron chi connectivity index (χ1n) is 9.14. The third-order valence-corrected chi connectivity index (χ3v) is 6.48. The van der Waals surface area contributed by atoms with Gasteiger partial charge in [0.15, 0.2) is 5.65 Å². The van der Waals surface area contributed by atoms with Gasteiger partial charge in [0.2, 0.25) is 9.84 Å².